The minimum absolute atomic E-state index is 0.199. The molecule has 2 aliphatic heterocycles. The average molecular weight is 504 g/mol. The number of rotatable bonds is 11. The van der Waals surface area contributed by atoms with Gasteiger partial charge in [-0.05, 0) is 74.0 Å². The van der Waals surface area contributed by atoms with E-state index in [1.165, 1.54) is 74.9 Å². The Kier molecular flexibility index (Phi) is 11.5. The van der Waals surface area contributed by atoms with E-state index in [-0.39, 0.29) is 5.82 Å². The van der Waals surface area contributed by atoms with Crippen molar-refractivity contribution in [2.24, 2.45) is 0 Å². The van der Waals surface area contributed by atoms with Gasteiger partial charge in [0.2, 0.25) is 0 Å². The predicted octanol–water partition coefficient (Wildman–Crippen LogP) is 8.00. The molecule has 2 aromatic rings. The van der Waals surface area contributed by atoms with Crippen LogP contribution in [0, 0.1) is 5.82 Å². The number of hydrogen-bond donors (Lipinski definition) is 1. The van der Waals surface area contributed by atoms with E-state index >= 15 is 0 Å². The van der Waals surface area contributed by atoms with E-state index in [4.69, 9.17) is 0 Å². The van der Waals surface area contributed by atoms with Gasteiger partial charge >= 0.3 is 0 Å². The van der Waals surface area contributed by atoms with Gasteiger partial charge in [-0.15, -0.1) is 6.58 Å². The van der Waals surface area contributed by atoms with Crippen LogP contribution in [0.4, 0.5) is 4.39 Å². The third kappa shape index (κ3) is 8.33. The fraction of sp³-hybridized carbons (Fsp3) is 0.455. The van der Waals surface area contributed by atoms with Crippen LogP contribution in [-0.2, 0) is 13.1 Å². The fourth-order valence-corrected chi connectivity index (χ4v) is 5.35. The first-order valence-corrected chi connectivity index (χ1v) is 14.0. The second-order valence-electron chi connectivity index (χ2n) is 10.3. The van der Waals surface area contributed by atoms with E-state index in [2.05, 4.69) is 60.0 Å². The van der Waals surface area contributed by atoms with Crippen LogP contribution in [0.5, 0.6) is 0 Å². The largest absolute Gasteiger partial charge is 0.385 e. The number of fused-ring (bicyclic) bond motifs is 1. The molecular weight excluding hydrogens is 457 g/mol. The number of allylic oxidation sites excluding steroid dienone is 1. The van der Waals surface area contributed by atoms with Crippen LogP contribution in [0.2, 0.25) is 0 Å². The monoisotopic (exact) mass is 503 g/mol. The Hall–Kier alpha value is -2.85. The van der Waals surface area contributed by atoms with Crippen LogP contribution in [0.25, 0.3) is 11.4 Å². The molecule has 37 heavy (non-hydrogen) atoms. The van der Waals surface area contributed by atoms with Crippen molar-refractivity contribution < 1.29 is 4.39 Å². The van der Waals surface area contributed by atoms with Crippen molar-refractivity contribution in [1.82, 2.24) is 15.1 Å². The Morgan fingerprint density at radius 1 is 1.14 bits per heavy atom. The lowest BCUT2D eigenvalue weighted by molar-refractivity contribution is 0.137. The summed E-state index contributed by atoms with van der Waals surface area (Å²) in [4.78, 5) is 4.98. The zero-order valence-electron chi connectivity index (χ0n) is 23.1. The molecule has 2 aliphatic rings. The van der Waals surface area contributed by atoms with Gasteiger partial charge in [-0.1, -0.05) is 69.7 Å². The van der Waals surface area contributed by atoms with Crippen molar-refractivity contribution in [2.75, 3.05) is 19.6 Å². The van der Waals surface area contributed by atoms with Crippen LogP contribution < -0.4 is 5.32 Å². The molecule has 1 saturated heterocycles. The lowest BCUT2D eigenvalue weighted by Gasteiger charge is -2.36. The lowest BCUT2D eigenvalue weighted by atomic mass is 9.97. The molecule has 4 heteroatoms. The maximum atomic E-state index is 13.2. The van der Waals surface area contributed by atoms with Crippen molar-refractivity contribution in [3.8, 4) is 0 Å². The number of nitrogens with zero attached hydrogens (tertiary/aromatic N) is 2. The summed E-state index contributed by atoms with van der Waals surface area (Å²) in [5.41, 5.74) is 6.70. The van der Waals surface area contributed by atoms with Crippen LogP contribution in [-0.4, -0.2) is 35.5 Å². The third-order valence-corrected chi connectivity index (χ3v) is 7.40. The highest BCUT2D eigenvalue weighted by Gasteiger charge is 2.23. The first-order chi connectivity index (χ1) is 18.0. The van der Waals surface area contributed by atoms with Crippen LogP contribution in [0.15, 0.2) is 68.3 Å². The van der Waals surface area contributed by atoms with Crippen LogP contribution >= 0.6 is 0 Å². The first kappa shape index (κ1) is 28.7. The standard InChI is InChI=1S/C30H40FN3.C3H6/c1-4-5-9-29-10-6-7-18-33(29)19-8-17-32-23(2)26-13-14-27-22-34(24(3)30(27)20-26)21-25-11-15-28(31)16-12-25;1-3-2/h11-16,20,29,32H,2-10,17-19,21-22H2,1H3;3H,1H2,2H3. The second-order valence-corrected chi connectivity index (χ2v) is 10.3. The molecule has 0 saturated carbocycles. The van der Waals surface area contributed by atoms with Gasteiger partial charge in [0.05, 0.1) is 0 Å². The van der Waals surface area contributed by atoms with Crippen molar-refractivity contribution in [3.63, 3.8) is 0 Å². The van der Waals surface area contributed by atoms with E-state index in [0.717, 1.165) is 54.6 Å². The number of halogens is 1. The first-order valence-electron chi connectivity index (χ1n) is 14.0. The highest BCUT2D eigenvalue weighted by atomic mass is 19.1. The Morgan fingerprint density at radius 2 is 1.89 bits per heavy atom. The molecule has 0 aromatic heterocycles. The molecule has 0 spiro atoms. The van der Waals surface area contributed by atoms with Gasteiger partial charge in [0.25, 0.3) is 0 Å². The minimum Gasteiger partial charge on any atom is -0.385 e. The Balaban J connectivity index is 0.00000121. The summed E-state index contributed by atoms with van der Waals surface area (Å²) in [6.45, 7) is 21.1. The molecule has 1 fully saturated rings. The van der Waals surface area contributed by atoms with Gasteiger partial charge < -0.3 is 15.1 Å². The van der Waals surface area contributed by atoms with Crippen molar-refractivity contribution in [1.29, 1.82) is 0 Å². The molecule has 200 valence electrons. The van der Waals surface area contributed by atoms with Gasteiger partial charge in [0, 0.05) is 49.2 Å². The Bertz CT molecular complexity index is 1030. The maximum Gasteiger partial charge on any atom is 0.123 e. The zero-order valence-corrected chi connectivity index (χ0v) is 23.1. The highest BCUT2D eigenvalue weighted by Crippen LogP contribution is 2.34. The zero-order chi connectivity index (χ0) is 26.6. The molecule has 4 rings (SSSR count). The summed E-state index contributed by atoms with van der Waals surface area (Å²) in [5.74, 6) is -0.199. The summed E-state index contributed by atoms with van der Waals surface area (Å²) in [5, 5.41) is 3.56. The van der Waals surface area contributed by atoms with Gasteiger partial charge in [0.1, 0.15) is 5.82 Å². The number of likely N-dealkylation sites (tertiary alicyclic amines) is 1. The minimum atomic E-state index is -0.199. The molecule has 3 nitrogen and oxygen atoms in total. The molecule has 1 N–H and O–H groups in total. The fourth-order valence-electron chi connectivity index (χ4n) is 5.35. The smallest absolute Gasteiger partial charge is 0.123 e. The van der Waals surface area contributed by atoms with E-state index in [9.17, 15) is 4.39 Å². The Morgan fingerprint density at radius 3 is 2.62 bits per heavy atom. The summed E-state index contributed by atoms with van der Waals surface area (Å²) < 4.78 is 13.2. The molecule has 2 aromatic carbocycles. The van der Waals surface area contributed by atoms with Gasteiger partial charge in [-0.2, -0.15) is 0 Å². The van der Waals surface area contributed by atoms with Gasteiger partial charge in [-0.3, -0.25) is 0 Å². The summed E-state index contributed by atoms with van der Waals surface area (Å²) >= 11 is 0. The predicted molar refractivity (Wildman–Crippen MR) is 157 cm³/mol. The van der Waals surface area contributed by atoms with E-state index in [0.29, 0.717) is 0 Å². The average Bonchev–Trinajstić information content (AvgIpc) is 3.21. The Labute approximate surface area is 224 Å². The SMILES string of the molecule is C=C(NCCCN1CCCCC1CCCC)c1ccc2c(c1)C(=C)N(Cc1ccc(F)cc1)C2.C=CC. The number of benzene rings is 2. The molecule has 0 amide bonds. The summed E-state index contributed by atoms with van der Waals surface area (Å²) in [7, 11) is 0. The molecule has 2 heterocycles. The quantitative estimate of drug-likeness (QED) is 0.248. The molecule has 0 bridgehead atoms. The van der Waals surface area contributed by atoms with Crippen molar-refractivity contribution in [2.45, 2.75) is 77.9 Å². The normalized spacial score (nSPS) is 17.1. The molecular formula is C33H46FN3. The van der Waals surface area contributed by atoms with Gasteiger partial charge in [-0.25, -0.2) is 4.39 Å². The summed E-state index contributed by atoms with van der Waals surface area (Å²) in [6, 6.07) is 14.1. The third-order valence-electron chi connectivity index (χ3n) is 7.40. The highest BCUT2D eigenvalue weighted by molar-refractivity contribution is 5.74. The number of piperidine rings is 1. The number of nitrogens with one attached hydrogen (secondary N) is 1. The molecule has 1 atom stereocenters. The number of hydrogen-bond acceptors (Lipinski definition) is 3. The summed E-state index contributed by atoms with van der Waals surface area (Å²) in [6.07, 6.45) is 11.0. The molecule has 1 unspecified atom stereocenters. The van der Waals surface area contributed by atoms with Crippen LogP contribution in [0.1, 0.15) is 81.0 Å². The lowest BCUT2D eigenvalue weighted by Crippen LogP contribution is -2.40. The van der Waals surface area contributed by atoms with Crippen molar-refractivity contribution >= 4 is 11.4 Å². The molecule has 0 aliphatic carbocycles. The van der Waals surface area contributed by atoms with Crippen molar-refractivity contribution in [3.05, 3.63) is 96.3 Å². The van der Waals surface area contributed by atoms with E-state index in [1.807, 2.05) is 19.1 Å². The van der Waals surface area contributed by atoms with E-state index in [1.54, 1.807) is 6.08 Å². The van der Waals surface area contributed by atoms with E-state index < -0.39 is 0 Å². The maximum absolute atomic E-state index is 13.2. The topological polar surface area (TPSA) is 18.5 Å². The second kappa shape index (κ2) is 14.8. The van der Waals surface area contributed by atoms with Gasteiger partial charge in [0.15, 0.2) is 0 Å². The molecule has 0 radical (unpaired) electrons. The van der Waals surface area contributed by atoms with Crippen LogP contribution in [0.3, 0.4) is 0 Å². The number of unbranched alkanes of at least 4 members (excludes halogenated alkanes) is 1.